The first-order valence-corrected chi connectivity index (χ1v) is 8.49. The van der Waals surface area contributed by atoms with Gasteiger partial charge in [-0.1, -0.05) is 33.1 Å². The molecule has 3 amide bonds. The van der Waals surface area contributed by atoms with E-state index in [1.54, 1.807) is 0 Å². The molecule has 0 atom stereocenters. The van der Waals surface area contributed by atoms with Gasteiger partial charge in [0.25, 0.3) is 0 Å². The third-order valence-electron chi connectivity index (χ3n) is 4.16. The molecule has 1 rings (SSSR count). The Hall–Kier alpha value is -1.26. The number of hydrogen-bond donors (Lipinski definition) is 3. The molecule has 0 radical (unpaired) electrons. The van der Waals surface area contributed by atoms with Crippen LogP contribution in [0.25, 0.3) is 0 Å². The second-order valence-corrected chi connectivity index (χ2v) is 5.92. The van der Waals surface area contributed by atoms with E-state index in [-0.39, 0.29) is 18.0 Å². The molecule has 21 heavy (non-hydrogen) atoms. The normalized spacial score (nSPS) is 15.8. The fourth-order valence-corrected chi connectivity index (χ4v) is 2.73. The molecule has 0 aliphatic heterocycles. The van der Waals surface area contributed by atoms with Gasteiger partial charge in [-0.25, -0.2) is 4.79 Å². The minimum atomic E-state index is -0.0951. The number of carbonyl (C=O) groups is 2. The Bertz CT molecular complexity index is 311. The van der Waals surface area contributed by atoms with Crippen molar-refractivity contribution in [2.24, 2.45) is 0 Å². The quantitative estimate of drug-likeness (QED) is 0.603. The van der Waals surface area contributed by atoms with E-state index in [2.05, 4.69) is 29.8 Å². The second-order valence-electron chi connectivity index (χ2n) is 5.92. The van der Waals surface area contributed by atoms with Crippen molar-refractivity contribution in [3.8, 4) is 0 Å². The van der Waals surface area contributed by atoms with Gasteiger partial charge in [0.05, 0.1) is 0 Å². The zero-order chi connectivity index (χ0) is 15.5. The Kier molecular flexibility index (Phi) is 8.87. The average Bonchev–Trinajstić information content (AvgIpc) is 2.50. The Morgan fingerprint density at radius 1 is 1.10 bits per heavy atom. The van der Waals surface area contributed by atoms with E-state index in [1.807, 2.05) is 0 Å². The van der Waals surface area contributed by atoms with Crippen LogP contribution in [0.5, 0.6) is 0 Å². The van der Waals surface area contributed by atoms with Crippen molar-refractivity contribution in [1.29, 1.82) is 0 Å². The largest absolute Gasteiger partial charge is 0.353 e. The monoisotopic (exact) mass is 297 g/mol. The maximum absolute atomic E-state index is 11.7. The standard InChI is InChI=1S/C16H31N3O2/c1-3-13(4-2)18-15(20)11-8-12-17-16(21)19-14-9-6-5-7-10-14/h13-14H,3-12H2,1-2H3,(H,18,20)(H2,17,19,21). The Labute approximate surface area is 128 Å². The lowest BCUT2D eigenvalue weighted by molar-refractivity contribution is -0.121. The predicted molar refractivity (Wildman–Crippen MR) is 85.2 cm³/mol. The topological polar surface area (TPSA) is 70.2 Å². The summed E-state index contributed by atoms with van der Waals surface area (Å²) in [6, 6.07) is 0.513. The van der Waals surface area contributed by atoms with E-state index in [4.69, 9.17) is 0 Å². The van der Waals surface area contributed by atoms with Crippen LogP contribution in [-0.2, 0) is 4.79 Å². The molecule has 1 aliphatic rings. The van der Waals surface area contributed by atoms with Crippen LogP contribution in [0.15, 0.2) is 0 Å². The van der Waals surface area contributed by atoms with E-state index in [0.29, 0.717) is 25.4 Å². The Balaban J connectivity index is 2.04. The summed E-state index contributed by atoms with van der Waals surface area (Å²) >= 11 is 0. The highest BCUT2D eigenvalue weighted by molar-refractivity contribution is 5.76. The number of rotatable bonds is 8. The molecule has 1 aliphatic carbocycles. The van der Waals surface area contributed by atoms with Crippen LogP contribution in [0, 0.1) is 0 Å². The molecule has 0 aromatic rings. The van der Waals surface area contributed by atoms with Gasteiger partial charge in [-0.15, -0.1) is 0 Å². The van der Waals surface area contributed by atoms with Gasteiger partial charge < -0.3 is 16.0 Å². The van der Waals surface area contributed by atoms with Gasteiger partial charge in [-0.2, -0.15) is 0 Å². The van der Waals surface area contributed by atoms with Gasteiger partial charge in [0.1, 0.15) is 0 Å². The molecule has 122 valence electrons. The number of carbonyl (C=O) groups excluding carboxylic acids is 2. The van der Waals surface area contributed by atoms with Gasteiger partial charge in [0.15, 0.2) is 0 Å². The first-order valence-electron chi connectivity index (χ1n) is 8.49. The summed E-state index contributed by atoms with van der Waals surface area (Å²) in [6.07, 6.45) is 8.96. The molecule has 0 spiro atoms. The summed E-state index contributed by atoms with van der Waals surface area (Å²) in [7, 11) is 0. The number of urea groups is 1. The predicted octanol–water partition coefficient (Wildman–Crippen LogP) is 2.70. The molecular formula is C16H31N3O2. The molecule has 0 saturated heterocycles. The smallest absolute Gasteiger partial charge is 0.315 e. The molecule has 0 aromatic carbocycles. The van der Waals surface area contributed by atoms with Crippen LogP contribution in [-0.4, -0.2) is 30.6 Å². The van der Waals surface area contributed by atoms with Gasteiger partial charge in [-0.3, -0.25) is 4.79 Å². The van der Waals surface area contributed by atoms with Crippen molar-refractivity contribution in [2.45, 2.75) is 83.7 Å². The molecule has 5 nitrogen and oxygen atoms in total. The summed E-state index contributed by atoms with van der Waals surface area (Å²) in [6.45, 7) is 4.70. The minimum absolute atomic E-state index is 0.0817. The third kappa shape index (κ3) is 7.93. The van der Waals surface area contributed by atoms with E-state index in [0.717, 1.165) is 25.7 Å². The molecule has 0 aromatic heterocycles. The summed E-state index contributed by atoms with van der Waals surface area (Å²) in [4.78, 5) is 23.4. The highest BCUT2D eigenvalue weighted by atomic mass is 16.2. The first-order chi connectivity index (χ1) is 10.2. The van der Waals surface area contributed by atoms with Crippen LogP contribution in [0.3, 0.4) is 0 Å². The first kappa shape index (κ1) is 17.8. The maximum Gasteiger partial charge on any atom is 0.315 e. The van der Waals surface area contributed by atoms with Crippen LogP contribution in [0.2, 0.25) is 0 Å². The SMILES string of the molecule is CCC(CC)NC(=O)CCCNC(=O)NC1CCCCC1. The van der Waals surface area contributed by atoms with Crippen LogP contribution in [0.1, 0.15) is 71.6 Å². The lowest BCUT2D eigenvalue weighted by Gasteiger charge is -2.22. The second kappa shape index (κ2) is 10.5. The molecular weight excluding hydrogens is 266 g/mol. The van der Waals surface area contributed by atoms with E-state index in [9.17, 15) is 9.59 Å². The molecule has 5 heteroatoms. The molecule has 3 N–H and O–H groups in total. The summed E-state index contributed by atoms with van der Waals surface area (Å²) < 4.78 is 0. The van der Waals surface area contributed by atoms with Gasteiger partial charge in [0.2, 0.25) is 5.91 Å². The highest BCUT2D eigenvalue weighted by Crippen LogP contribution is 2.17. The fraction of sp³-hybridized carbons (Fsp3) is 0.875. The third-order valence-corrected chi connectivity index (χ3v) is 4.16. The van der Waals surface area contributed by atoms with Crippen LogP contribution < -0.4 is 16.0 Å². The Morgan fingerprint density at radius 2 is 1.76 bits per heavy atom. The molecule has 0 bridgehead atoms. The Morgan fingerprint density at radius 3 is 2.38 bits per heavy atom. The summed E-state index contributed by atoms with van der Waals surface area (Å²) in [5, 5.41) is 8.85. The summed E-state index contributed by atoms with van der Waals surface area (Å²) in [5.41, 5.74) is 0. The van der Waals surface area contributed by atoms with Crippen molar-refractivity contribution in [3.63, 3.8) is 0 Å². The number of hydrogen-bond acceptors (Lipinski definition) is 2. The van der Waals surface area contributed by atoms with Crippen LogP contribution >= 0.6 is 0 Å². The van der Waals surface area contributed by atoms with E-state index in [1.165, 1.54) is 19.3 Å². The number of amides is 3. The molecule has 0 unspecified atom stereocenters. The van der Waals surface area contributed by atoms with Crippen molar-refractivity contribution in [2.75, 3.05) is 6.54 Å². The summed E-state index contributed by atoms with van der Waals surface area (Å²) in [5.74, 6) is 0.0817. The average molecular weight is 297 g/mol. The minimum Gasteiger partial charge on any atom is -0.353 e. The lowest BCUT2D eigenvalue weighted by atomic mass is 9.96. The van der Waals surface area contributed by atoms with Crippen molar-refractivity contribution in [1.82, 2.24) is 16.0 Å². The molecule has 0 heterocycles. The van der Waals surface area contributed by atoms with Gasteiger partial charge in [0, 0.05) is 25.0 Å². The van der Waals surface area contributed by atoms with Gasteiger partial charge in [-0.05, 0) is 32.1 Å². The maximum atomic E-state index is 11.7. The van der Waals surface area contributed by atoms with Crippen molar-refractivity contribution < 1.29 is 9.59 Å². The zero-order valence-corrected chi connectivity index (χ0v) is 13.5. The molecule has 1 fully saturated rings. The van der Waals surface area contributed by atoms with Crippen molar-refractivity contribution in [3.05, 3.63) is 0 Å². The molecule has 1 saturated carbocycles. The van der Waals surface area contributed by atoms with Crippen LogP contribution in [0.4, 0.5) is 4.79 Å². The zero-order valence-electron chi connectivity index (χ0n) is 13.5. The fourth-order valence-electron chi connectivity index (χ4n) is 2.73. The van der Waals surface area contributed by atoms with E-state index >= 15 is 0 Å². The van der Waals surface area contributed by atoms with Crippen molar-refractivity contribution >= 4 is 11.9 Å². The van der Waals surface area contributed by atoms with E-state index < -0.39 is 0 Å². The highest BCUT2D eigenvalue weighted by Gasteiger charge is 2.15. The number of nitrogens with one attached hydrogen (secondary N) is 3. The lowest BCUT2D eigenvalue weighted by Crippen LogP contribution is -2.43. The van der Waals surface area contributed by atoms with Gasteiger partial charge >= 0.3 is 6.03 Å².